The fraction of sp³-hybridized carbons (Fsp3) is 0.471. The normalized spacial score (nSPS) is 18.7. The first-order valence-corrected chi connectivity index (χ1v) is 7.43. The molecular weight excluding hydrogens is 264 g/mol. The fourth-order valence-electron chi connectivity index (χ4n) is 2.92. The number of fused-ring (bicyclic) bond motifs is 3. The van der Waals surface area contributed by atoms with Crippen LogP contribution in [0.15, 0.2) is 24.3 Å². The maximum atomic E-state index is 12.3. The number of aromatic amines is 1. The van der Waals surface area contributed by atoms with E-state index in [0.717, 1.165) is 17.6 Å². The second-order valence-electron chi connectivity index (χ2n) is 6.79. The van der Waals surface area contributed by atoms with Crippen molar-refractivity contribution in [1.82, 2.24) is 9.88 Å². The Morgan fingerprint density at radius 3 is 2.76 bits per heavy atom. The number of aromatic nitrogens is 1. The van der Waals surface area contributed by atoms with Gasteiger partial charge in [-0.1, -0.05) is 18.2 Å². The molecule has 0 saturated heterocycles. The molecule has 1 atom stereocenters. The predicted octanol–water partition coefficient (Wildman–Crippen LogP) is 3.85. The number of rotatable bonds is 0. The Kier molecular flexibility index (Phi) is 3.19. The third kappa shape index (κ3) is 2.62. The minimum atomic E-state index is -0.461. The zero-order chi connectivity index (χ0) is 15.2. The topological polar surface area (TPSA) is 45.3 Å². The lowest BCUT2D eigenvalue weighted by Gasteiger charge is -2.34. The molecule has 3 rings (SSSR count). The summed E-state index contributed by atoms with van der Waals surface area (Å²) >= 11 is 0. The number of carbonyl (C=O) groups excluding carboxylic acids is 1. The van der Waals surface area contributed by atoms with Crippen LogP contribution in [0.4, 0.5) is 4.79 Å². The Morgan fingerprint density at radius 1 is 1.33 bits per heavy atom. The molecule has 1 aromatic heterocycles. The first-order chi connectivity index (χ1) is 9.85. The number of amides is 1. The van der Waals surface area contributed by atoms with Gasteiger partial charge in [0.1, 0.15) is 5.60 Å². The van der Waals surface area contributed by atoms with E-state index in [1.165, 1.54) is 10.9 Å². The zero-order valence-corrected chi connectivity index (χ0v) is 13.1. The van der Waals surface area contributed by atoms with Crippen molar-refractivity contribution in [2.24, 2.45) is 0 Å². The summed E-state index contributed by atoms with van der Waals surface area (Å²) in [5.41, 5.74) is 3.14. The maximum absolute atomic E-state index is 12.3. The highest BCUT2D eigenvalue weighted by Gasteiger charge is 2.32. The van der Waals surface area contributed by atoms with Crippen molar-refractivity contribution in [3.05, 3.63) is 35.5 Å². The maximum Gasteiger partial charge on any atom is 0.410 e. The van der Waals surface area contributed by atoms with Gasteiger partial charge in [-0.15, -0.1) is 0 Å². The minimum Gasteiger partial charge on any atom is -0.444 e. The number of benzene rings is 1. The van der Waals surface area contributed by atoms with Gasteiger partial charge in [0, 0.05) is 22.6 Å². The molecule has 0 saturated carbocycles. The van der Waals surface area contributed by atoms with Crippen LogP contribution in [0.5, 0.6) is 0 Å². The molecule has 21 heavy (non-hydrogen) atoms. The summed E-state index contributed by atoms with van der Waals surface area (Å²) in [7, 11) is 0. The van der Waals surface area contributed by atoms with Gasteiger partial charge < -0.3 is 9.72 Å². The molecule has 0 aliphatic carbocycles. The number of ether oxygens (including phenoxy) is 1. The Labute approximate surface area is 125 Å². The highest BCUT2D eigenvalue weighted by atomic mass is 16.6. The molecule has 0 fully saturated rings. The molecule has 1 aromatic carbocycles. The second-order valence-corrected chi connectivity index (χ2v) is 6.79. The summed E-state index contributed by atoms with van der Waals surface area (Å²) in [6.45, 7) is 8.35. The molecule has 1 amide bonds. The molecule has 0 radical (unpaired) electrons. The number of hydrogen-bond donors (Lipinski definition) is 1. The molecule has 1 aliphatic heterocycles. The van der Waals surface area contributed by atoms with Gasteiger partial charge in [-0.25, -0.2) is 4.79 Å². The Hall–Kier alpha value is -1.97. The van der Waals surface area contributed by atoms with Crippen LogP contribution < -0.4 is 0 Å². The van der Waals surface area contributed by atoms with E-state index in [4.69, 9.17) is 4.74 Å². The Bertz CT molecular complexity index is 682. The Balaban J connectivity index is 1.90. The molecule has 4 heteroatoms. The van der Waals surface area contributed by atoms with Crippen molar-refractivity contribution in [3.8, 4) is 0 Å². The number of H-pyrrole nitrogens is 1. The number of nitrogens with zero attached hydrogens (tertiary/aromatic N) is 1. The van der Waals surface area contributed by atoms with Crippen molar-refractivity contribution < 1.29 is 9.53 Å². The molecule has 1 N–H and O–H groups in total. The molecule has 2 heterocycles. The smallest absolute Gasteiger partial charge is 0.410 e. The van der Waals surface area contributed by atoms with Crippen molar-refractivity contribution in [2.45, 2.75) is 52.3 Å². The van der Waals surface area contributed by atoms with Crippen LogP contribution >= 0.6 is 0 Å². The van der Waals surface area contributed by atoms with Gasteiger partial charge >= 0.3 is 6.09 Å². The highest BCUT2D eigenvalue weighted by molar-refractivity contribution is 5.85. The van der Waals surface area contributed by atoms with Gasteiger partial charge in [0.05, 0.1) is 6.54 Å². The van der Waals surface area contributed by atoms with Crippen LogP contribution in [0.2, 0.25) is 0 Å². The van der Waals surface area contributed by atoms with Crippen LogP contribution in [0.1, 0.15) is 39.0 Å². The van der Waals surface area contributed by atoms with Crippen LogP contribution in [0.25, 0.3) is 10.9 Å². The van der Waals surface area contributed by atoms with Gasteiger partial charge in [-0.3, -0.25) is 4.90 Å². The number of para-hydroxylation sites is 1. The average Bonchev–Trinajstić information content (AvgIpc) is 2.73. The molecule has 112 valence electrons. The van der Waals surface area contributed by atoms with Gasteiger partial charge in [0.15, 0.2) is 0 Å². The highest BCUT2D eigenvalue weighted by Crippen LogP contribution is 2.30. The third-order valence-electron chi connectivity index (χ3n) is 3.89. The van der Waals surface area contributed by atoms with Crippen molar-refractivity contribution in [2.75, 3.05) is 0 Å². The summed E-state index contributed by atoms with van der Waals surface area (Å²) in [5.74, 6) is 0. The summed E-state index contributed by atoms with van der Waals surface area (Å²) in [6.07, 6.45) is 0.623. The molecule has 0 unspecified atom stereocenters. The molecular formula is C17H22N2O2. The van der Waals surface area contributed by atoms with E-state index in [9.17, 15) is 4.79 Å². The quantitative estimate of drug-likeness (QED) is 0.799. The standard InChI is InChI=1S/C17H22N2O2/c1-11-9-13-12-7-5-6-8-14(12)18-15(13)10-19(11)16(20)21-17(2,3)4/h5-8,11,18H,9-10H2,1-4H3/t11-/m0/s1. The largest absolute Gasteiger partial charge is 0.444 e. The van der Waals surface area contributed by atoms with E-state index in [-0.39, 0.29) is 12.1 Å². The van der Waals surface area contributed by atoms with E-state index in [1.807, 2.05) is 31.7 Å². The first kappa shape index (κ1) is 14.0. The number of carbonyl (C=O) groups is 1. The molecule has 2 aromatic rings. The minimum absolute atomic E-state index is 0.145. The van der Waals surface area contributed by atoms with E-state index in [0.29, 0.717) is 6.54 Å². The van der Waals surface area contributed by atoms with E-state index < -0.39 is 5.60 Å². The Morgan fingerprint density at radius 2 is 2.05 bits per heavy atom. The van der Waals surface area contributed by atoms with Crippen LogP contribution in [-0.4, -0.2) is 27.6 Å². The average molecular weight is 286 g/mol. The summed E-state index contributed by atoms with van der Waals surface area (Å²) < 4.78 is 5.51. The fourth-order valence-corrected chi connectivity index (χ4v) is 2.92. The van der Waals surface area contributed by atoms with Gasteiger partial charge in [-0.2, -0.15) is 0 Å². The van der Waals surface area contributed by atoms with Gasteiger partial charge in [0.25, 0.3) is 0 Å². The molecule has 1 aliphatic rings. The van der Waals surface area contributed by atoms with Gasteiger partial charge in [0.2, 0.25) is 0 Å². The van der Waals surface area contributed by atoms with Crippen LogP contribution in [-0.2, 0) is 17.7 Å². The van der Waals surface area contributed by atoms with Crippen molar-refractivity contribution in [1.29, 1.82) is 0 Å². The van der Waals surface area contributed by atoms with Crippen molar-refractivity contribution in [3.63, 3.8) is 0 Å². The third-order valence-corrected chi connectivity index (χ3v) is 3.89. The zero-order valence-electron chi connectivity index (χ0n) is 13.1. The lowest BCUT2D eigenvalue weighted by Crippen LogP contribution is -2.45. The van der Waals surface area contributed by atoms with E-state index in [1.54, 1.807) is 0 Å². The van der Waals surface area contributed by atoms with Gasteiger partial charge in [-0.05, 0) is 45.7 Å². The van der Waals surface area contributed by atoms with E-state index in [2.05, 4.69) is 30.1 Å². The van der Waals surface area contributed by atoms with Crippen molar-refractivity contribution >= 4 is 17.0 Å². The molecule has 0 spiro atoms. The molecule has 0 bridgehead atoms. The van der Waals surface area contributed by atoms with E-state index >= 15 is 0 Å². The second kappa shape index (κ2) is 4.79. The summed E-state index contributed by atoms with van der Waals surface area (Å²) in [4.78, 5) is 17.6. The summed E-state index contributed by atoms with van der Waals surface area (Å²) in [5, 5.41) is 1.27. The lowest BCUT2D eigenvalue weighted by atomic mass is 9.98. The lowest BCUT2D eigenvalue weighted by molar-refractivity contribution is 0.0136. The number of nitrogens with one attached hydrogen (secondary N) is 1. The predicted molar refractivity (Wildman–Crippen MR) is 83.2 cm³/mol. The SMILES string of the molecule is C[C@H]1Cc2c([nH]c3ccccc23)CN1C(=O)OC(C)(C)C. The van der Waals surface area contributed by atoms with Crippen LogP contribution in [0, 0.1) is 0 Å². The van der Waals surface area contributed by atoms with Crippen LogP contribution in [0.3, 0.4) is 0 Å². The monoisotopic (exact) mass is 286 g/mol. The first-order valence-electron chi connectivity index (χ1n) is 7.43. The number of hydrogen-bond acceptors (Lipinski definition) is 2. The summed E-state index contributed by atoms with van der Waals surface area (Å²) in [6, 6.07) is 8.45. The molecule has 4 nitrogen and oxygen atoms in total.